The first-order valence-electron chi connectivity index (χ1n) is 6.93. The zero-order valence-electron chi connectivity index (χ0n) is 11.8. The van der Waals surface area contributed by atoms with Crippen molar-refractivity contribution in [3.05, 3.63) is 42.5 Å². The molecule has 0 saturated heterocycles. The zero-order chi connectivity index (χ0) is 14.7. The second-order valence-electron chi connectivity index (χ2n) is 4.83. The Kier molecular flexibility index (Phi) is 3.89. The first-order chi connectivity index (χ1) is 10.3. The molecule has 3 rings (SSSR count). The molecule has 1 atom stereocenters. The zero-order valence-corrected chi connectivity index (χ0v) is 11.8. The quantitative estimate of drug-likeness (QED) is 0.505. The second kappa shape index (κ2) is 5.98. The van der Waals surface area contributed by atoms with E-state index < -0.39 is 0 Å². The Labute approximate surface area is 122 Å². The number of hydrogen-bond acceptors (Lipinski definition) is 6. The van der Waals surface area contributed by atoms with Crippen molar-refractivity contribution in [2.24, 2.45) is 5.84 Å². The molecule has 0 fully saturated rings. The van der Waals surface area contributed by atoms with E-state index in [4.69, 9.17) is 5.84 Å². The third-order valence-electron chi connectivity index (χ3n) is 3.45. The summed E-state index contributed by atoms with van der Waals surface area (Å²) in [6.45, 7) is 2.96. The lowest BCUT2D eigenvalue weighted by atomic mass is 10.1. The van der Waals surface area contributed by atoms with Gasteiger partial charge >= 0.3 is 0 Å². The van der Waals surface area contributed by atoms with Crippen LogP contribution in [0.3, 0.4) is 0 Å². The number of aryl methyl sites for hydroxylation is 1. The summed E-state index contributed by atoms with van der Waals surface area (Å²) in [6.07, 6.45) is 10.3. The van der Waals surface area contributed by atoms with Crippen molar-refractivity contribution >= 4 is 5.52 Å². The Bertz CT molecular complexity index is 716. The average Bonchev–Trinajstić information content (AvgIpc) is 3.12. The highest BCUT2D eigenvalue weighted by Gasteiger charge is 2.18. The summed E-state index contributed by atoms with van der Waals surface area (Å²) in [5.41, 5.74) is 4.77. The third-order valence-corrected chi connectivity index (χ3v) is 3.45. The van der Waals surface area contributed by atoms with E-state index in [2.05, 4.69) is 32.5 Å². The van der Waals surface area contributed by atoms with Crippen LogP contribution in [0.4, 0.5) is 0 Å². The van der Waals surface area contributed by atoms with Crippen molar-refractivity contribution in [1.29, 1.82) is 0 Å². The van der Waals surface area contributed by atoms with E-state index in [1.54, 1.807) is 23.2 Å². The highest BCUT2D eigenvalue weighted by Crippen LogP contribution is 2.21. The molecule has 21 heavy (non-hydrogen) atoms. The number of fused-ring (bicyclic) bond motifs is 1. The fourth-order valence-corrected chi connectivity index (χ4v) is 2.41. The van der Waals surface area contributed by atoms with Crippen LogP contribution in [0.25, 0.3) is 5.52 Å². The predicted molar refractivity (Wildman–Crippen MR) is 77.1 cm³/mol. The summed E-state index contributed by atoms with van der Waals surface area (Å²) in [6, 6.07) is -0.0912. The van der Waals surface area contributed by atoms with Gasteiger partial charge < -0.3 is 0 Å². The maximum Gasteiger partial charge on any atom is 0.138 e. The second-order valence-corrected chi connectivity index (χ2v) is 4.83. The van der Waals surface area contributed by atoms with Crippen LogP contribution in [-0.2, 0) is 13.0 Å². The standard InChI is InChI=1S/C13H18N8/c1-2-4-21-13(16-9-18-21)6-11(19-14)10-7-17-20-5-3-15-8-12(10)20/h3,5,7-9,11,19H,2,4,6,14H2,1H3. The van der Waals surface area contributed by atoms with E-state index >= 15 is 0 Å². The first kappa shape index (κ1) is 13.7. The van der Waals surface area contributed by atoms with Crippen LogP contribution in [0.5, 0.6) is 0 Å². The highest BCUT2D eigenvalue weighted by atomic mass is 15.3. The molecule has 0 saturated carbocycles. The van der Waals surface area contributed by atoms with Gasteiger partial charge in [-0.25, -0.2) is 9.50 Å². The summed E-state index contributed by atoms with van der Waals surface area (Å²) in [5, 5.41) is 8.55. The molecule has 8 nitrogen and oxygen atoms in total. The highest BCUT2D eigenvalue weighted by molar-refractivity contribution is 5.53. The van der Waals surface area contributed by atoms with Crippen LogP contribution in [0.15, 0.2) is 31.1 Å². The van der Waals surface area contributed by atoms with Crippen molar-refractivity contribution in [2.45, 2.75) is 32.4 Å². The molecule has 3 N–H and O–H groups in total. The van der Waals surface area contributed by atoms with Gasteiger partial charge in [-0.15, -0.1) is 0 Å². The molecular weight excluding hydrogens is 268 g/mol. The minimum Gasteiger partial charge on any atom is -0.271 e. The van der Waals surface area contributed by atoms with Crippen LogP contribution in [-0.4, -0.2) is 29.4 Å². The largest absolute Gasteiger partial charge is 0.271 e. The SMILES string of the molecule is CCCn1ncnc1CC(NN)c1cnn2ccncc12. The lowest BCUT2D eigenvalue weighted by Gasteiger charge is -2.14. The minimum absolute atomic E-state index is 0.0912. The number of rotatable bonds is 6. The van der Waals surface area contributed by atoms with E-state index in [9.17, 15) is 0 Å². The number of nitrogens with one attached hydrogen (secondary N) is 1. The number of nitrogens with zero attached hydrogens (tertiary/aromatic N) is 6. The summed E-state index contributed by atoms with van der Waals surface area (Å²) in [4.78, 5) is 8.47. The number of aromatic nitrogens is 6. The molecule has 8 heteroatoms. The molecule has 0 aliphatic carbocycles. The number of hydrazine groups is 1. The molecule has 3 aromatic heterocycles. The van der Waals surface area contributed by atoms with Crippen molar-refractivity contribution in [1.82, 2.24) is 34.8 Å². The van der Waals surface area contributed by atoms with Gasteiger partial charge in [0.05, 0.1) is 24.0 Å². The van der Waals surface area contributed by atoms with Gasteiger partial charge in [-0.3, -0.25) is 20.9 Å². The maximum absolute atomic E-state index is 5.73. The van der Waals surface area contributed by atoms with Crippen molar-refractivity contribution in [2.75, 3.05) is 0 Å². The molecule has 3 heterocycles. The number of nitrogens with two attached hydrogens (primary N) is 1. The lowest BCUT2D eigenvalue weighted by molar-refractivity contribution is 0.501. The van der Waals surface area contributed by atoms with Crippen molar-refractivity contribution in [3.63, 3.8) is 0 Å². The Balaban J connectivity index is 1.90. The molecule has 0 radical (unpaired) electrons. The van der Waals surface area contributed by atoms with Gasteiger partial charge in [-0.1, -0.05) is 6.92 Å². The van der Waals surface area contributed by atoms with Crippen LogP contribution in [0.1, 0.15) is 30.8 Å². The van der Waals surface area contributed by atoms with E-state index in [0.717, 1.165) is 29.9 Å². The Morgan fingerprint density at radius 1 is 1.33 bits per heavy atom. The van der Waals surface area contributed by atoms with Crippen LogP contribution >= 0.6 is 0 Å². The van der Waals surface area contributed by atoms with E-state index in [0.29, 0.717) is 6.42 Å². The molecule has 3 aromatic rings. The summed E-state index contributed by atoms with van der Waals surface area (Å²) in [7, 11) is 0. The molecule has 0 bridgehead atoms. The predicted octanol–water partition coefficient (Wildman–Crippen LogP) is 0.478. The maximum atomic E-state index is 5.73. The van der Waals surface area contributed by atoms with Crippen LogP contribution in [0.2, 0.25) is 0 Å². The van der Waals surface area contributed by atoms with E-state index in [1.807, 2.05) is 17.1 Å². The Hall–Kier alpha value is -2.32. The van der Waals surface area contributed by atoms with E-state index in [-0.39, 0.29) is 6.04 Å². The van der Waals surface area contributed by atoms with Gasteiger partial charge in [0.2, 0.25) is 0 Å². The fraction of sp³-hybridized carbons (Fsp3) is 0.385. The van der Waals surface area contributed by atoms with Crippen LogP contribution in [0, 0.1) is 0 Å². The molecule has 0 spiro atoms. The summed E-state index contributed by atoms with van der Waals surface area (Å²) < 4.78 is 3.69. The molecule has 0 aliphatic heterocycles. The number of hydrogen-bond donors (Lipinski definition) is 2. The molecule has 1 unspecified atom stereocenters. The fourth-order valence-electron chi connectivity index (χ4n) is 2.41. The van der Waals surface area contributed by atoms with Crippen molar-refractivity contribution < 1.29 is 0 Å². The third kappa shape index (κ3) is 2.63. The van der Waals surface area contributed by atoms with Gasteiger partial charge in [0.1, 0.15) is 12.2 Å². The average molecular weight is 286 g/mol. The topological polar surface area (TPSA) is 99.0 Å². The molecule has 0 amide bonds. The molecule has 0 aromatic carbocycles. The normalized spacial score (nSPS) is 12.9. The first-order valence-corrected chi connectivity index (χ1v) is 6.93. The molecule has 110 valence electrons. The van der Waals surface area contributed by atoms with Crippen molar-refractivity contribution in [3.8, 4) is 0 Å². The van der Waals surface area contributed by atoms with Crippen LogP contribution < -0.4 is 11.3 Å². The van der Waals surface area contributed by atoms with Gasteiger partial charge in [-0.2, -0.15) is 10.2 Å². The van der Waals surface area contributed by atoms with Gasteiger partial charge in [0.15, 0.2) is 0 Å². The Morgan fingerprint density at radius 2 is 2.24 bits per heavy atom. The molecular formula is C13H18N8. The lowest BCUT2D eigenvalue weighted by Crippen LogP contribution is -2.30. The minimum atomic E-state index is -0.0912. The van der Waals surface area contributed by atoms with Gasteiger partial charge in [0.25, 0.3) is 0 Å². The summed E-state index contributed by atoms with van der Waals surface area (Å²) >= 11 is 0. The molecule has 0 aliphatic rings. The monoisotopic (exact) mass is 286 g/mol. The van der Waals surface area contributed by atoms with Gasteiger partial charge in [0, 0.05) is 30.9 Å². The van der Waals surface area contributed by atoms with Gasteiger partial charge in [-0.05, 0) is 6.42 Å². The Morgan fingerprint density at radius 3 is 3.05 bits per heavy atom. The summed E-state index contributed by atoms with van der Waals surface area (Å²) in [5.74, 6) is 6.64. The van der Waals surface area contributed by atoms with E-state index in [1.165, 1.54) is 0 Å². The smallest absolute Gasteiger partial charge is 0.138 e.